The van der Waals surface area contributed by atoms with Crippen LogP contribution in [0.1, 0.15) is 120 Å². The number of ketones is 1. The molecule has 0 aliphatic heterocycles. The lowest BCUT2D eigenvalue weighted by molar-refractivity contribution is -0.275. The van der Waals surface area contributed by atoms with Gasteiger partial charge < -0.3 is 5.11 Å². The molecule has 0 saturated heterocycles. The first kappa shape index (κ1) is 23.4. The summed E-state index contributed by atoms with van der Waals surface area (Å²) in [6.07, 6.45) is 11.7. The van der Waals surface area contributed by atoms with E-state index in [1.165, 1.54) is 44.9 Å². The number of hydrogen-bond acceptors (Lipinski definition) is 2. The Kier molecular flexibility index (Phi) is 4.85. The zero-order chi connectivity index (χ0) is 23.5. The van der Waals surface area contributed by atoms with Gasteiger partial charge in [-0.15, -0.1) is 0 Å². The van der Waals surface area contributed by atoms with Crippen molar-refractivity contribution in [2.45, 2.75) is 126 Å². The second-order valence-electron chi connectivity index (χ2n) is 15.4. The van der Waals surface area contributed by atoms with E-state index in [-0.39, 0.29) is 28.3 Å². The fourth-order valence-corrected chi connectivity index (χ4v) is 11.1. The summed E-state index contributed by atoms with van der Waals surface area (Å²) < 4.78 is 0. The number of rotatable bonds is 0. The van der Waals surface area contributed by atoms with Gasteiger partial charge in [-0.25, -0.2) is 0 Å². The predicted molar refractivity (Wildman–Crippen MR) is 131 cm³/mol. The van der Waals surface area contributed by atoms with Crippen molar-refractivity contribution in [2.24, 2.45) is 56.2 Å². The molecule has 1 N–H and O–H groups in total. The Hall–Kier alpha value is -0.370. The number of carbonyl (C=O) groups excluding carboxylic acids is 1. The summed E-state index contributed by atoms with van der Waals surface area (Å²) in [5.74, 6) is 2.20. The van der Waals surface area contributed by atoms with E-state index >= 15 is 0 Å². The SMILES string of the molecule is C[C@H]1C(=O)CC[C@H]2[C@]3(C)CC[C@@]4(C)[C@@H]5CC(C)(C)CC[C@]5(C)CC[C@]4(C)[C@H]3C[C@@H](O)[C@]12C. The topological polar surface area (TPSA) is 37.3 Å². The molecule has 5 aliphatic rings. The molecule has 5 saturated carbocycles. The molecule has 0 radical (unpaired) electrons. The molecule has 0 bridgehead atoms. The smallest absolute Gasteiger partial charge is 0.136 e. The molecule has 5 rings (SSSR count). The molecule has 0 aromatic rings. The molecule has 0 heterocycles. The third kappa shape index (κ3) is 2.66. The molecule has 2 heteroatoms. The van der Waals surface area contributed by atoms with Gasteiger partial charge in [0, 0.05) is 17.8 Å². The van der Waals surface area contributed by atoms with Crippen LogP contribution >= 0.6 is 0 Å². The van der Waals surface area contributed by atoms with Gasteiger partial charge in [-0.05, 0) is 103 Å². The van der Waals surface area contributed by atoms with Crippen molar-refractivity contribution in [3.8, 4) is 0 Å². The van der Waals surface area contributed by atoms with Gasteiger partial charge in [-0.3, -0.25) is 4.79 Å². The van der Waals surface area contributed by atoms with Crippen LogP contribution < -0.4 is 0 Å². The molecule has 0 aromatic heterocycles. The minimum absolute atomic E-state index is 0.0102. The van der Waals surface area contributed by atoms with Gasteiger partial charge in [0.2, 0.25) is 0 Å². The Morgan fingerprint density at radius 1 is 0.781 bits per heavy atom. The average Bonchev–Trinajstić information content (AvgIpc) is 2.72. The largest absolute Gasteiger partial charge is 0.393 e. The monoisotopic (exact) mass is 442 g/mol. The van der Waals surface area contributed by atoms with Crippen molar-refractivity contribution in [2.75, 3.05) is 0 Å². The number of fused-ring (bicyclic) bond motifs is 7. The number of carbonyl (C=O) groups is 1. The summed E-state index contributed by atoms with van der Waals surface area (Å²) in [7, 11) is 0. The molecule has 5 aliphatic carbocycles. The van der Waals surface area contributed by atoms with E-state index in [9.17, 15) is 9.90 Å². The third-order valence-electron chi connectivity index (χ3n) is 13.8. The highest BCUT2D eigenvalue weighted by atomic mass is 16.3. The lowest BCUT2D eigenvalue weighted by atomic mass is 9.30. The van der Waals surface area contributed by atoms with Crippen LogP contribution in [0.3, 0.4) is 0 Å². The first-order valence-electron chi connectivity index (χ1n) is 13.8. The maximum atomic E-state index is 12.7. The van der Waals surface area contributed by atoms with E-state index in [2.05, 4.69) is 55.4 Å². The van der Waals surface area contributed by atoms with Gasteiger partial charge in [0.05, 0.1) is 6.10 Å². The lowest BCUT2D eigenvalue weighted by Crippen LogP contribution is -2.70. The minimum Gasteiger partial charge on any atom is -0.393 e. The molecular weight excluding hydrogens is 392 g/mol. The quantitative estimate of drug-likeness (QED) is 0.423. The fourth-order valence-electron chi connectivity index (χ4n) is 11.1. The molecule has 2 nitrogen and oxygen atoms in total. The van der Waals surface area contributed by atoms with Gasteiger partial charge in [0.15, 0.2) is 0 Å². The van der Waals surface area contributed by atoms with Gasteiger partial charge in [0.1, 0.15) is 5.78 Å². The standard InChI is InChI=1S/C30H50O2/c1-19-20(31)9-10-21-27(5)14-16-29(7)23-18-25(2,3)11-12-26(23,4)13-15-28(29,6)22(27)17-24(32)30(19,21)8/h19,21-24,32H,9-18H2,1-8H3/t19-,21-,22-,23+,24+,26+,27-,28+,29-,30+/m0/s1. The summed E-state index contributed by atoms with van der Waals surface area (Å²) in [4.78, 5) is 12.7. The van der Waals surface area contributed by atoms with Crippen LogP contribution in [0.5, 0.6) is 0 Å². The molecule has 10 atom stereocenters. The van der Waals surface area contributed by atoms with Gasteiger partial charge in [0.25, 0.3) is 0 Å². The molecular formula is C30H50O2. The van der Waals surface area contributed by atoms with Crippen LogP contribution in [-0.2, 0) is 4.79 Å². The average molecular weight is 443 g/mol. The molecule has 0 spiro atoms. The molecule has 0 unspecified atom stereocenters. The predicted octanol–water partition coefficient (Wildman–Crippen LogP) is 7.43. The van der Waals surface area contributed by atoms with Crippen LogP contribution in [0.2, 0.25) is 0 Å². The van der Waals surface area contributed by atoms with Gasteiger partial charge in [-0.1, -0.05) is 55.4 Å². The van der Waals surface area contributed by atoms with E-state index in [0.717, 1.165) is 25.2 Å². The van der Waals surface area contributed by atoms with Crippen molar-refractivity contribution in [1.82, 2.24) is 0 Å². The van der Waals surface area contributed by atoms with Crippen molar-refractivity contribution in [3.05, 3.63) is 0 Å². The van der Waals surface area contributed by atoms with E-state index in [1.54, 1.807) is 0 Å². The molecule has 5 fully saturated rings. The summed E-state index contributed by atoms with van der Waals surface area (Å²) in [5, 5.41) is 11.7. The summed E-state index contributed by atoms with van der Waals surface area (Å²) in [6.45, 7) is 19.9. The summed E-state index contributed by atoms with van der Waals surface area (Å²) >= 11 is 0. The van der Waals surface area contributed by atoms with E-state index in [0.29, 0.717) is 33.9 Å². The Balaban J connectivity index is 1.58. The Morgan fingerprint density at radius 2 is 1.38 bits per heavy atom. The van der Waals surface area contributed by atoms with E-state index in [4.69, 9.17) is 0 Å². The number of aliphatic hydroxyl groups is 1. The third-order valence-corrected chi connectivity index (χ3v) is 13.8. The van der Waals surface area contributed by atoms with Crippen LogP contribution in [0.25, 0.3) is 0 Å². The Morgan fingerprint density at radius 3 is 2.06 bits per heavy atom. The lowest BCUT2D eigenvalue weighted by Gasteiger charge is -2.75. The van der Waals surface area contributed by atoms with Crippen molar-refractivity contribution in [1.29, 1.82) is 0 Å². The Labute approximate surface area is 197 Å². The maximum Gasteiger partial charge on any atom is 0.136 e. The van der Waals surface area contributed by atoms with Gasteiger partial charge in [-0.2, -0.15) is 0 Å². The van der Waals surface area contributed by atoms with Crippen molar-refractivity contribution in [3.63, 3.8) is 0 Å². The second-order valence-corrected chi connectivity index (χ2v) is 15.4. The van der Waals surface area contributed by atoms with Crippen LogP contribution in [0, 0.1) is 56.2 Å². The maximum absolute atomic E-state index is 12.7. The number of hydrogen-bond donors (Lipinski definition) is 1. The highest BCUT2D eigenvalue weighted by Crippen LogP contribution is 2.78. The number of Topliss-reactive ketones (excluding diaryl/α,β-unsaturated/α-hetero) is 1. The second kappa shape index (κ2) is 6.64. The molecule has 182 valence electrons. The van der Waals surface area contributed by atoms with Crippen molar-refractivity contribution >= 4 is 5.78 Å². The minimum atomic E-state index is -0.347. The van der Waals surface area contributed by atoms with Crippen LogP contribution in [0.4, 0.5) is 0 Å². The Bertz CT molecular complexity index is 816. The highest BCUT2D eigenvalue weighted by Gasteiger charge is 2.72. The van der Waals surface area contributed by atoms with Gasteiger partial charge >= 0.3 is 0 Å². The van der Waals surface area contributed by atoms with Crippen LogP contribution in [0.15, 0.2) is 0 Å². The molecule has 32 heavy (non-hydrogen) atoms. The normalized spacial score (nSPS) is 59.4. The zero-order valence-corrected chi connectivity index (χ0v) is 22.3. The van der Waals surface area contributed by atoms with E-state index in [1.807, 2.05) is 0 Å². The van der Waals surface area contributed by atoms with Crippen molar-refractivity contribution < 1.29 is 9.90 Å². The first-order valence-corrected chi connectivity index (χ1v) is 13.8. The summed E-state index contributed by atoms with van der Waals surface area (Å²) in [6, 6.07) is 0. The molecule has 0 amide bonds. The summed E-state index contributed by atoms with van der Waals surface area (Å²) in [5.41, 5.74) is 1.58. The first-order chi connectivity index (χ1) is 14.6. The zero-order valence-electron chi connectivity index (χ0n) is 22.3. The fraction of sp³-hybridized carbons (Fsp3) is 0.967. The number of aliphatic hydroxyl groups excluding tert-OH is 1. The van der Waals surface area contributed by atoms with E-state index < -0.39 is 0 Å². The van der Waals surface area contributed by atoms with Crippen LogP contribution in [-0.4, -0.2) is 17.0 Å². The highest BCUT2D eigenvalue weighted by molar-refractivity contribution is 5.82. The molecule has 0 aromatic carbocycles.